The van der Waals surface area contributed by atoms with Gasteiger partial charge in [0.25, 0.3) is 0 Å². The highest BCUT2D eigenvalue weighted by molar-refractivity contribution is 5.35. The first-order valence-corrected chi connectivity index (χ1v) is 6.50. The molecule has 0 amide bonds. The highest BCUT2D eigenvalue weighted by Crippen LogP contribution is 2.25. The predicted molar refractivity (Wildman–Crippen MR) is 74.9 cm³/mol. The van der Waals surface area contributed by atoms with E-state index in [0.29, 0.717) is 12.2 Å². The van der Waals surface area contributed by atoms with Crippen molar-refractivity contribution in [3.05, 3.63) is 65.2 Å². The molecule has 1 N–H and O–H groups in total. The number of nitrogens with one attached hydrogen (secondary N) is 1. The first-order valence-electron chi connectivity index (χ1n) is 6.50. The van der Waals surface area contributed by atoms with Crippen LogP contribution in [0.1, 0.15) is 24.1 Å². The molecule has 0 aliphatic carbocycles. The van der Waals surface area contributed by atoms with Gasteiger partial charge in [-0.15, -0.1) is 0 Å². The summed E-state index contributed by atoms with van der Waals surface area (Å²) in [5.41, 5.74) is 1.64. The first-order chi connectivity index (χ1) is 9.65. The van der Waals surface area contributed by atoms with Crippen LogP contribution in [0.15, 0.2) is 42.5 Å². The number of halogens is 2. The van der Waals surface area contributed by atoms with Crippen LogP contribution in [0.5, 0.6) is 5.75 Å². The average molecular weight is 277 g/mol. The van der Waals surface area contributed by atoms with E-state index >= 15 is 0 Å². The summed E-state index contributed by atoms with van der Waals surface area (Å²) in [4.78, 5) is 0. The number of hydrogen-bond donors (Lipinski definition) is 1. The van der Waals surface area contributed by atoms with Crippen molar-refractivity contribution in [3.8, 4) is 5.75 Å². The molecule has 0 saturated heterocycles. The Bertz CT molecular complexity index is 569. The van der Waals surface area contributed by atoms with E-state index in [0.717, 1.165) is 17.4 Å². The second kappa shape index (κ2) is 6.48. The lowest BCUT2D eigenvalue weighted by atomic mass is 9.98. The smallest absolute Gasteiger partial charge is 0.159 e. The zero-order valence-corrected chi connectivity index (χ0v) is 11.5. The molecule has 0 saturated carbocycles. The Hall–Kier alpha value is -1.94. The maximum atomic E-state index is 13.3. The molecule has 2 aromatic rings. The summed E-state index contributed by atoms with van der Waals surface area (Å²) in [5.74, 6) is -0.889. The monoisotopic (exact) mass is 277 g/mol. The van der Waals surface area contributed by atoms with Crippen molar-refractivity contribution in [1.82, 2.24) is 5.32 Å². The number of hydrogen-bond acceptors (Lipinski definition) is 2. The van der Waals surface area contributed by atoms with Crippen molar-refractivity contribution in [1.29, 1.82) is 0 Å². The van der Waals surface area contributed by atoms with Gasteiger partial charge in [-0.25, -0.2) is 8.78 Å². The van der Waals surface area contributed by atoms with Crippen molar-refractivity contribution in [3.63, 3.8) is 0 Å². The minimum Gasteiger partial charge on any atom is -0.494 e. The van der Waals surface area contributed by atoms with Crippen LogP contribution < -0.4 is 10.1 Å². The third kappa shape index (κ3) is 3.14. The summed E-state index contributed by atoms with van der Waals surface area (Å²) in [5, 5.41) is 3.10. The maximum absolute atomic E-state index is 13.3. The molecule has 0 bridgehead atoms. The Labute approximate surface area is 117 Å². The van der Waals surface area contributed by atoms with Gasteiger partial charge in [0.1, 0.15) is 5.75 Å². The van der Waals surface area contributed by atoms with Crippen LogP contribution >= 0.6 is 0 Å². The molecule has 2 nitrogen and oxygen atoms in total. The summed E-state index contributed by atoms with van der Waals surface area (Å²) < 4.78 is 31.7. The van der Waals surface area contributed by atoms with E-state index in [1.165, 1.54) is 6.07 Å². The van der Waals surface area contributed by atoms with Crippen LogP contribution in [0, 0.1) is 11.6 Å². The number of rotatable bonds is 5. The van der Waals surface area contributed by atoms with Gasteiger partial charge in [0, 0.05) is 0 Å². The van der Waals surface area contributed by atoms with E-state index in [1.54, 1.807) is 13.1 Å². The van der Waals surface area contributed by atoms with Gasteiger partial charge >= 0.3 is 0 Å². The van der Waals surface area contributed by atoms with Crippen LogP contribution in [0.25, 0.3) is 0 Å². The zero-order chi connectivity index (χ0) is 14.5. The van der Waals surface area contributed by atoms with Crippen LogP contribution in [-0.4, -0.2) is 13.7 Å². The average Bonchev–Trinajstić information content (AvgIpc) is 2.46. The molecule has 0 aromatic heterocycles. The molecule has 2 aromatic carbocycles. The summed E-state index contributed by atoms with van der Waals surface area (Å²) >= 11 is 0. The van der Waals surface area contributed by atoms with E-state index in [4.69, 9.17) is 4.74 Å². The molecule has 1 unspecified atom stereocenters. The quantitative estimate of drug-likeness (QED) is 0.900. The SMILES string of the molecule is CCOc1ccc(C(NC)c2ccc(F)c(F)c2)cc1. The Morgan fingerprint density at radius 2 is 1.65 bits per heavy atom. The lowest BCUT2D eigenvalue weighted by Gasteiger charge is -2.18. The summed E-state index contributed by atoms with van der Waals surface area (Å²) in [7, 11) is 1.78. The van der Waals surface area contributed by atoms with Crippen molar-refractivity contribution in [2.45, 2.75) is 13.0 Å². The Balaban J connectivity index is 2.29. The third-order valence-corrected chi connectivity index (χ3v) is 3.09. The number of ether oxygens (including phenoxy) is 1. The van der Waals surface area contributed by atoms with Gasteiger partial charge in [-0.3, -0.25) is 0 Å². The largest absolute Gasteiger partial charge is 0.494 e. The molecule has 0 heterocycles. The second-order valence-electron chi connectivity index (χ2n) is 4.40. The molecule has 2 rings (SSSR count). The van der Waals surface area contributed by atoms with Crippen LogP contribution in [0.2, 0.25) is 0 Å². The molecule has 0 spiro atoms. The van der Waals surface area contributed by atoms with Gasteiger partial charge in [-0.05, 0) is 49.4 Å². The minimum atomic E-state index is -0.839. The van der Waals surface area contributed by atoms with Crippen LogP contribution in [-0.2, 0) is 0 Å². The van der Waals surface area contributed by atoms with Crippen molar-refractivity contribution in [2.75, 3.05) is 13.7 Å². The topological polar surface area (TPSA) is 21.3 Å². The molecule has 4 heteroatoms. The van der Waals surface area contributed by atoms with Crippen molar-refractivity contribution in [2.24, 2.45) is 0 Å². The fourth-order valence-corrected chi connectivity index (χ4v) is 2.14. The molecular weight excluding hydrogens is 260 g/mol. The van der Waals surface area contributed by atoms with Gasteiger partial charge in [0.15, 0.2) is 11.6 Å². The minimum absolute atomic E-state index is 0.194. The Morgan fingerprint density at radius 1 is 1.00 bits per heavy atom. The molecular formula is C16H17F2NO. The molecule has 0 aliphatic heterocycles. The standard InChI is InChI=1S/C16H17F2NO/c1-3-20-13-7-4-11(5-8-13)16(19-2)12-6-9-14(17)15(18)10-12/h4-10,16,19H,3H2,1-2H3. The van der Waals surface area contributed by atoms with E-state index in [9.17, 15) is 8.78 Å². The zero-order valence-electron chi connectivity index (χ0n) is 11.5. The Kier molecular flexibility index (Phi) is 4.69. The van der Waals surface area contributed by atoms with Crippen molar-refractivity contribution < 1.29 is 13.5 Å². The van der Waals surface area contributed by atoms with E-state index < -0.39 is 11.6 Å². The van der Waals surface area contributed by atoms with E-state index in [2.05, 4.69) is 5.32 Å². The Morgan fingerprint density at radius 3 is 2.20 bits per heavy atom. The van der Waals surface area contributed by atoms with Gasteiger partial charge in [-0.1, -0.05) is 18.2 Å². The second-order valence-corrected chi connectivity index (χ2v) is 4.40. The highest BCUT2D eigenvalue weighted by Gasteiger charge is 2.14. The molecule has 0 radical (unpaired) electrons. The van der Waals surface area contributed by atoms with Gasteiger partial charge in [-0.2, -0.15) is 0 Å². The molecule has 106 valence electrons. The lowest BCUT2D eigenvalue weighted by molar-refractivity contribution is 0.340. The first kappa shape index (κ1) is 14.5. The van der Waals surface area contributed by atoms with Gasteiger partial charge < -0.3 is 10.1 Å². The van der Waals surface area contributed by atoms with Gasteiger partial charge in [0.05, 0.1) is 12.6 Å². The molecule has 0 aliphatic rings. The normalized spacial score (nSPS) is 12.2. The van der Waals surface area contributed by atoms with Crippen LogP contribution in [0.4, 0.5) is 8.78 Å². The summed E-state index contributed by atoms with van der Waals surface area (Å²) in [6.45, 7) is 2.53. The van der Waals surface area contributed by atoms with E-state index in [1.807, 2.05) is 31.2 Å². The predicted octanol–water partition coefficient (Wildman–Crippen LogP) is 3.67. The number of benzene rings is 2. The van der Waals surface area contributed by atoms with Gasteiger partial charge in [0.2, 0.25) is 0 Å². The lowest BCUT2D eigenvalue weighted by Crippen LogP contribution is -2.17. The van der Waals surface area contributed by atoms with E-state index in [-0.39, 0.29) is 6.04 Å². The summed E-state index contributed by atoms with van der Waals surface area (Å²) in [6.07, 6.45) is 0. The fraction of sp³-hybridized carbons (Fsp3) is 0.250. The summed E-state index contributed by atoms with van der Waals surface area (Å²) in [6, 6.07) is 11.3. The van der Waals surface area contributed by atoms with Crippen molar-refractivity contribution >= 4 is 0 Å². The third-order valence-electron chi connectivity index (χ3n) is 3.09. The van der Waals surface area contributed by atoms with Crippen LogP contribution in [0.3, 0.4) is 0 Å². The molecule has 0 fully saturated rings. The molecule has 20 heavy (non-hydrogen) atoms. The molecule has 1 atom stereocenters. The maximum Gasteiger partial charge on any atom is 0.159 e. The fourth-order valence-electron chi connectivity index (χ4n) is 2.14. The highest BCUT2D eigenvalue weighted by atomic mass is 19.2.